The number of ether oxygens (including phenoxy) is 3. The Morgan fingerprint density at radius 1 is 1.21 bits per heavy atom. The summed E-state index contributed by atoms with van der Waals surface area (Å²) in [7, 11) is 1.61. The molecule has 0 aliphatic carbocycles. The molecule has 0 saturated heterocycles. The first-order valence-corrected chi connectivity index (χ1v) is 9.49. The van der Waals surface area contributed by atoms with Crippen LogP contribution in [0.4, 0.5) is 0 Å². The van der Waals surface area contributed by atoms with E-state index in [4.69, 9.17) is 30.2 Å². The van der Waals surface area contributed by atoms with E-state index in [1.165, 1.54) is 6.21 Å². The van der Waals surface area contributed by atoms with Gasteiger partial charge in [-0.2, -0.15) is 0 Å². The summed E-state index contributed by atoms with van der Waals surface area (Å²) in [5, 5.41) is 4.53. The Morgan fingerprint density at radius 2 is 2.07 bits per heavy atom. The minimum absolute atomic E-state index is 0.225. The van der Waals surface area contributed by atoms with E-state index in [1.54, 1.807) is 7.11 Å². The number of oxime groups is 1. The molecule has 2 aromatic carbocycles. The molecule has 0 N–H and O–H groups in total. The van der Waals surface area contributed by atoms with Crippen LogP contribution in [0.1, 0.15) is 12.0 Å². The number of furan rings is 1. The third-order valence-corrected chi connectivity index (χ3v) is 4.64. The quantitative estimate of drug-likeness (QED) is 0.244. The van der Waals surface area contributed by atoms with Crippen molar-refractivity contribution in [2.45, 2.75) is 12.8 Å². The SMILES string of the molecule is COc1cc(CC/C=N/OC(=O)CCl)cc2cc(-c3ccc4c(c3)OCO4)oc12. The van der Waals surface area contributed by atoms with Crippen molar-refractivity contribution in [2.75, 3.05) is 19.8 Å². The molecule has 4 rings (SSSR count). The summed E-state index contributed by atoms with van der Waals surface area (Å²) in [6.45, 7) is 0.227. The van der Waals surface area contributed by atoms with Crippen LogP contribution >= 0.6 is 11.6 Å². The summed E-state index contributed by atoms with van der Waals surface area (Å²) >= 11 is 5.34. The second-order valence-electron chi connectivity index (χ2n) is 6.32. The number of rotatable bonds is 7. The molecule has 0 spiro atoms. The molecule has 150 valence electrons. The van der Waals surface area contributed by atoms with Gasteiger partial charge in [0.1, 0.15) is 11.6 Å². The highest BCUT2D eigenvalue weighted by Crippen LogP contribution is 2.39. The molecule has 0 fully saturated rings. The van der Waals surface area contributed by atoms with E-state index in [9.17, 15) is 4.79 Å². The molecule has 8 heteroatoms. The lowest BCUT2D eigenvalue weighted by Crippen LogP contribution is -2.00. The fraction of sp³-hybridized carbons (Fsp3) is 0.238. The smallest absolute Gasteiger partial charge is 0.349 e. The molecule has 0 amide bonds. The van der Waals surface area contributed by atoms with Crippen molar-refractivity contribution in [1.29, 1.82) is 0 Å². The van der Waals surface area contributed by atoms with Crippen LogP contribution in [0.15, 0.2) is 46.0 Å². The molecule has 1 aliphatic rings. The van der Waals surface area contributed by atoms with E-state index in [2.05, 4.69) is 9.99 Å². The van der Waals surface area contributed by atoms with Gasteiger partial charge in [-0.05, 0) is 54.8 Å². The average Bonchev–Trinajstić information content (AvgIpc) is 3.38. The van der Waals surface area contributed by atoms with Gasteiger partial charge in [-0.1, -0.05) is 5.16 Å². The fourth-order valence-electron chi connectivity index (χ4n) is 3.07. The Labute approximate surface area is 171 Å². The van der Waals surface area contributed by atoms with E-state index in [1.807, 2.05) is 36.4 Å². The number of hydrogen-bond donors (Lipinski definition) is 0. The van der Waals surface area contributed by atoms with Crippen molar-refractivity contribution in [3.05, 3.63) is 42.0 Å². The number of halogens is 1. The Bertz CT molecular complexity index is 1070. The van der Waals surface area contributed by atoms with Gasteiger partial charge in [-0.3, -0.25) is 0 Å². The van der Waals surface area contributed by atoms with Gasteiger partial charge < -0.3 is 23.5 Å². The number of methoxy groups -OCH3 is 1. The maximum atomic E-state index is 10.9. The number of carbonyl (C=O) groups is 1. The lowest BCUT2D eigenvalue weighted by atomic mass is 10.1. The topological polar surface area (TPSA) is 79.5 Å². The number of aryl methyl sites for hydroxylation is 1. The monoisotopic (exact) mass is 415 g/mol. The summed E-state index contributed by atoms with van der Waals surface area (Å²) in [4.78, 5) is 15.5. The minimum atomic E-state index is -0.583. The Hall–Kier alpha value is -3.19. The van der Waals surface area contributed by atoms with Gasteiger partial charge in [-0.25, -0.2) is 4.79 Å². The molecule has 3 aromatic rings. The molecule has 0 saturated carbocycles. The van der Waals surface area contributed by atoms with Gasteiger partial charge in [0.15, 0.2) is 22.8 Å². The maximum absolute atomic E-state index is 10.9. The van der Waals surface area contributed by atoms with Crippen molar-refractivity contribution in [3.8, 4) is 28.6 Å². The largest absolute Gasteiger partial charge is 0.493 e. The molecule has 1 aliphatic heterocycles. The molecule has 2 heterocycles. The van der Waals surface area contributed by atoms with Crippen LogP contribution in [-0.4, -0.2) is 32.0 Å². The zero-order valence-electron chi connectivity index (χ0n) is 15.6. The third-order valence-electron chi connectivity index (χ3n) is 4.42. The van der Waals surface area contributed by atoms with E-state index in [0.717, 1.165) is 22.3 Å². The zero-order chi connectivity index (χ0) is 20.2. The number of hydrogen-bond acceptors (Lipinski definition) is 7. The second-order valence-corrected chi connectivity index (χ2v) is 6.59. The number of fused-ring (bicyclic) bond motifs is 2. The van der Waals surface area contributed by atoms with Crippen LogP contribution in [0, 0.1) is 0 Å². The predicted octanol–water partition coefficient (Wildman–Crippen LogP) is 4.54. The molecule has 0 bridgehead atoms. The van der Waals surface area contributed by atoms with Gasteiger partial charge in [0.25, 0.3) is 0 Å². The first-order chi connectivity index (χ1) is 14.2. The maximum Gasteiger partial charge on any atom is 0.349 e. The van der Waals surface area contributed by atoms with Crippen molar-refractivity contribution in [2.24, 2.45) is 5.16 Å². The van der Waals surface area contributed by atoms with Crippen LogP contribution in [-0.2, 0) is 16.1 Å². The van der Waals surface area contributed by atoms with E-state index >= 15 is 0 Å². The number of nitrogens with zero attached hydrogens (tertiary/aromatic N) is 1. The van der Waals surface area contributed by atoms with E-state index in [-0.39, 0.29) is 12.7 Å². The van der Waals surface area contributed by atoms with Gasteiger partial charge >= 0.3 is 5.97 Å². The zero-order valence-corrected chi connectivity index (χ0v) is 16.4. The minimum Gasteiger partial charge on any atom is -0.493 e. The molecule has 29 heavy (non-hydrogen) atoms. The molecule has 0 atom stereocenters. The van der Waals surface area contributed by atoms with Gasteiger partial charge in [0, 0.05) is 17.2 Å². The first kappa shape index (κ1) is 19.1. The van der Waals surface area contributed by atoms with E-state index < -0.39 is 5.97 Å². The van der Waals surface area contributed by atoms with Crippen LogP contribution in [0.3, 0.4) is 0 Å². The van der Waals surface area contributed by atoms with Crippen LogP contribution in [0.2, 0.25) is 0 Å². The third kappa shape index (κ3) is 4.14. The summed E-state index contributed by atoms with van der Waals surface area (Å²) in [6, 6.07) is 11.6. The summed E-state index contributed by atoms with van der Waals surface area (Å²) in [5.41, 5.74) is 2.61. The van der Waals surface area contributed by atoms with Crippen LogP contribution in [0.5, 0.6) is 17.2 Å². The van der Waals surface area contributed by atoms with Gasteiger partial charge in [0.2, 0.25) is 6.79 Å². The van der Waals surface area contributed by atoms with Crippen molar-refractivity contribution in [1.82, 2.24) is 0 Å². The average molecular weight is 416 g/mol. The first-order valence-electron chi connectivity index (χ1n) is 8.96. The molecule has 0 radical (unpaired) electrons. The van der Waals surface area contributed by atoms with Crippen molar-refractivity contribution < 1.29 is 28.3 Å². The summed E-state index contributed by atoms with van der Waals surface area (Å²) in [6.07, 6.45) is 2.82. The number of carbonyl (C=O) groups excluding carboxylic acids is 1. The van der Waals surface area contributed by atoms with Crippen LogP contribution in [0.25, 0.3) is 22.3 Å². The number of alkyl halides is 1. The Morgan fingerprint density at radius 3 is 2.90 bits per heavy atom. The van der Waals surface area contributed by atoms with Crippen molar-refractivity contribution >= 4 is 34.8 Å². The molecule has 1 aromatic heterocycles. The lowest BCUT2D eigenvalue weighted by molar-refractivity contribution is -0.140. The Kier molecular flexibility index (Phi) is 5.57. The highest BCUT2D eigenvalue weighted by Gasteiger charge is 2.17. The molecular formula is C21H18ClNO6. The predicted molar refractivity (Wildman–Crippen MR) is 108 cm³/mol. The van der Waals surface area contributed by atoms with Gasteiger partial charge in [0.05, 0.1) is 7.11 Å². The molecule has 0 unspecified atom stereocenters. The van der Waals surface area contributed by atoms with Crippen molar-refractivity contribution in [3.63, 3.8) is 0 Å². The molecular weight excluding hydrogens is 398 g/mol. The standard InChI is InChI=1S/C21H18ClNO6/c1-25-19-8-13(3-2-6-23-29-20(24)11-22)7-15-10-17(28-21(15)19)14-4-5-16-18(9-14)27-12-26-16/h4-10H,2-3,11-12H2,1H3/b23-6+. The van der Waals surface area contributed by atoms with Gasteiger partial charge in [-0.15, -0.1) is 11.6 Å². The number of benzene rings is 2. The van der Waals surface area contributed by atoms with Crippen LogP contribution < -0.4 is 14.2 Å². The Balaban J connectivity index is 1.55. The molecule has 7 nitrogen and oxygen atoms in total. The second kappa shape index (κ2) is 8.45. The summed E-state index contributed by atoms with van der Waals surface area (Å²) in [5.74, 6) is 1.98. The van der Waals surface area contributed by atoms with E-state index in [0.29, 0.717) is 35.7 Å². The normalized spacial score (nSPS) is 12.6. The summed E-state index contributed by atoms with van der Waals surface area (Å²) < 4.78 is 22.4. The lowest BCUT2D eigenvalue weighted by Gasteiger charge is -2.04. The fourth-order valence-corrected chi connectivity index (χ4v) is 3.12. The highest BCUT2D eigenvalue weighted by molar-refractivity contribution is 6.26. The highest BCUT2D eigenvalue weighted by atomic mass is 35.5.